The molecule has 1 fully saturated rings. The van der Waals surface area contributed by atoms with Crippen molar-refractivity contribution in [2.45, 2.75) is 24.8 Å². The van der Waals surface area contributed by atoms with Crippen molar-refractivity contribution in [1.82, 2.24) is 19.5 Å². The third-order valence-corrected chi connectivity index (χ3v) is 7.66. The average molecular weight is 506 g/mol. The Labute approximate surface area is 171 Å². The summed E-state index contributed by atoms with van der Waals surface area (Å²) in [6.45, 7) is -0.718. The topological polar surface area (TPSA) is 285 Å². The molecule has 0 radical (unpaired) electrons. The van der Waals surface area contributed by atoms with E-state index in [1.54, 1.807) is 0 Å². The van der Waals surface area contributed by atoms with Crippen LogP contribution in [-0.2, 0) is 31.6 Å². The fourth-order valence-electron chi connectivity index (χ4n) is 2.71. The summed E-state index contributed by atoms with van der Waals surface area (Å²) in [5, 5.41) is 0. The van der Waals surface area contributed by atoms with Crippen LogP contribution in [0.25, 0.3) is 11.2 Å². The number of aromatic nitrogens is 4. The Morgan fingerprint density at radius 1 is 1.23 bits per heavy atom. The highest BCUT2D eigenvalue weighted by molar-refractivity contribution is 7.66. The smallest absolute Gasteiger partial charge is 0.369 e. The van der Waals surface area contributed by atoms with E-state index < -0.39 is 54.0 Å². The van der Waals surface area contributed by atoms with E-state index in [1.807, 2.05) is 0 Å². The summed E-state index contributed by atoms with van der Waals surface area (Å²) in [7, 11) is -16.5. The molecule has 1 saturated heterocycles. The summed E-state index contributed by atoms with van der Waals surface area (Å²) in [6.07, 6.45) is -0.464. The zero-order valence-corrected chi connectivity index (χ0v) is 17.8. The van der Waals surface area contributed by atoms with Crippen LogP contribution in [0.1, 0.15) is 12.6 Å². The van der Waals surface area contributed by atoms with Gasteiger partial charge in [0.15, 0.2) is 11.2 Å². The first-order chi connectivity index (χ1) is 14.2. The summed E-state index contributed by atoms with van der Waals surface area (Å²) < 4.78 is 52.5. The molecule has 1 aliphatic rings. The van der Waals surface area contributed by atoms with Crippen molar-refractivity contribution in [2.24, 2.45) is 5.73 Å². The molecule has 0 aromatic carbocycles. The van der Waals surface area contributed by atoms with Crippen LogP contribution in [0.3, 0.4) is 0 Å². The van der Waals surface area contributed by atoms with Crippen molar-refractivity contribution in [3.8, 4) is 0 Å². The van der Waals surface area contributed by atoms with E-state index in [0.717, 1.165) is 0 Å². The van der Waals surface area contributed by atoms with Gasteiger partial charge >= 0.3 is 23.5 Å². The maximum atomic E-state index is 11.9. The molecule has 0 spiro atoms. The van der Waals surface area contributed by atoms with Gasteiger partial charge in [-0.05, 0) is 0 Å². The average Bonchev–Trinajstić information content (AvgIpc) is 3.13. The van der Waals surface area contributed by atoms with Crippen LogP contribution in [0.2, 0.25) is 0 Å². The molecule has 3 rings (SSSR count). The number of rotatable bonds is 8. The second kappa shape index (κ2) is 8.44. The van der Waals surface area contributed by atoms with E-state index in [9.17, 15) is 23.4 Å². The standard InChI is InChI=1S/C10H17N6O12P3/c11-4-1-6(16-3-13-7-8(16)14-10(12)15-9(7)17)26-5(4)2-25-30(21,22)28-31(23,24)27-29(18,19)20/h3-6H,1-2,11H2,(H,21,22)(H,23,24)(H2,18,19,20)(H3,12,14,15,17)/t4-,5+,6+/m0/s1. The van der Waals surface area contributed by atoms with Gasteiger partial charge in [0.2, 0.25) is 5.95 Å². The second-order valence-electron chi connectivity index (χ2n) is 6.19. The number of nitrogens with zero attached hydrogens (tertiary/aromatic N) is 3. The number of ether oxygens (including phenoxy) is 1. The number of anilines is 1. The normalized spacial score (nSPS) is 26.0. The number of phosphoric ester groups is 1. The zero-order chi connectivity index (χ0) is 23.2. The van der Waals surface area contributed by atoms with Crippen LogP contribution >= 0.6 is 23.5 Å². The Hall–Kier alpha value is -1.52. The third-order valence-electron chi connectivity index (χ3n) is 3.86. The molecule has 2 aromatic heterocycles. The minimum absolute atomic E-state index is 0.0110. The minimum atomic E-state index is -5.64. The third kappa shape index (κ3) is 6.04. The van der Waals surface area contributed by atoms with Crippen molar-refractivity contribution in [2.75, 3.05) is 12.3 Å². The quantitative estimate of drug-likeness (QED) is 0.204. The van der Waals surface area contributed by atoms with Gasteiger partial charge in [0.25, 0.3) is 5.56 Å². The van der Waals surface area contributed by atoms with Crippen molar-refractivity contribution in [3.05, 3.63) is 16.7 Å². The first-order valence-electron chi connectivity index (χ1n) is 8.07. The number of fused-ring (bicyclic) bond motifs is 1. The Bertz CT molecular complexity index is 1180. The van der Waals surface area contributed by atoms with E-state index in [2.05, 4.69) is 28.1 Å². The predicted octanol–water partition coefficient (Wildman–Crippen LogP) is -1.34. The largest absolute Gasteiger partial charge is 0.490 e. The van der Waals surface area contributed by atoms with Crippen LogP contribution in [0.5, 0.6) is 0 Å². The molecule has 0 amide bonds. The van der Waals surface area contributed by atoms with E-state index in [1.165, 1.54) is 10.9 Å². The molecule has 21 heteroatoms. The van der Waals surface area contributed by atoms with Gasteiger partial charge in [-0.2, -0.15) is 13.6 Å². The van der Waals surface area contributed by atoms with Gasteiger partial charge in [-0.1, -0.05) is 0 Å². The molecule has 31 heavy (non-hydrogen) atoms. The number of hydrogen-bond acceptors (Lipinski definition) is 12. The SMILES string of the molecule is Nc1nc2c(ncn2[C@H]2C[C@H](N)[C@@H](COP(=O)(O)OP(=O)(O)OP(=O)(O)O)O2)c(=O)[nH]1. The summed E-state index contributed by atoms with van der Waals surface area (Å²) >= 11 is 0. The number of hydrogen-bond donors (Lipinski definition) is 7. The maximum Gasteiger partial charge on any atom is 0.490 e. The summed E-state index contributed by atoms with van der Waals surface area (Å²) in [6, 6.07) is -0.769. The van der Waals surface area contributed by atoms with E-state index in [4.69, 9.17) is 30.9 Å². The number of nitrogens with two attached hydrogens (primary N) is 2. The monoisotopic (exact) mass is 506 g/mol. The molecule has 2 aromatic rings. The lowest BCUT2D eigenvalue weighted by Gasteiger charge is -2.19. The molecule has 0 saturated carbocycles. The molecular formula is C10H17N6O12P3. The van der Waals surface area contributed by atoms with Crippen LogP contribution in [0.15, 0.2) is 11.1 Å². The van der Waals surface area contributed by atoms with Gasteiger partial charge in [-0.25, -0.2) is 18.7 Å². The van der Waals surface area contributed by atoms with Crippen molar-refractivity contribution in [1.29, 1.82) is 0 Å². The van der Waals surface area contributed by atoms with Crippen LogP contribution in [-0.4, -0.2) is 57.8 Å². The Morgan fingerprint density at radius 2 is 1.90 bits per heavy atom. The van der Waals surface area contributed by atoms with Gasteiger partial charge in [0.05, 0.1) is 19.0 Å². The number of aromatic amines is 1. The molecular weight excluding hydrogens is 489 g/mol. The lowest BCUT2D eigenvalue weighted by Crippen LogP contribution is -2.33. The van der Waals surface area contributed by atoms with Gasteiger partial charge in [0, 0.05) is 12.5 Å². The molecule has 5 atom stereocenters. The highest BCUT2D eigenvalue weighted by Crippen LogP contribution is 2.66. The van der Waals surface area contributed by atoms with E-state index >= 15 is 0 Å². The molecule has 18 nitrogen and oxygen atoms in total. The molecule has 0 aliphatic carbocycles. The van der Waals surface area contributed by atoms with Crippen molar-refractivity contribution >= 4 is 40.6 Å². The fourth-order valence-corrected chi connectivity index (χ4v) is 5.74. The van der Waals surface area contributed by atoms with Crippen molar-refractivity contribution in [3.63, 3.8) is 0 Å². The first kappa shape index (κ1) is 24.1. The first-order valence-corrected chi connectivity index (χ1v) is 12.6. The highest BCUT2D eigenvalue weighted by Gasteiger charge is 2.42. The lowest BCUT2D eigenvalue weighted by atomic mass is 10.1. The molecule has 174 valence electrons. The van der Waals surface area contributed by atoms with E-state index in [0.29, 0.717) is 0 Å². The van der Waals surface area contributed by atoms with Gasteiger partial charge in [-0.3, -0.25) is 18.9 Å². The number of imidazole rings is 1. The zero-order valence-electron chi connectivity index (χ0n) is 15.1. The number of nitrogens with one attached hydrogen (secondary N) is 1. The molecule has 9 N–H and O–H groups in total. The predicted molar refractivity (Wildman–Crippen MR) is 98.9 cm³/mol. The number of H-pyrrole nitrogens is 1. The molecule has 0 bridgehead atoms. The molecule has 3 heterocycles. The summed E-state index contributed by atoms with van der Waals surface area (Å²) in [4.78, 5) is 57.7. The maximum absolute atomic E-state index is 11.9. The lowest BCUT2D eigenvalue weighted by molar-refractivity contribution is -0.0230. The number of nitrogen functional groups attached to an aromatic ring is 1. The summed E-state index contributed by atoms with van der Waals surface area (Å²) in [5.41, 5.74) is 11.0. The van der Waals surface area contributed by atoms with E-state index in [-0.39, 0.29) is 23.5 Å². The Balaban J connectivity index is 1.67. The highest BCUT2D eigenvalue weighted by atomic mass is 31.3. The van der Waals surface area contributed by atoms with Gasteiger partial charge in [0.1, 0.15) is 6.23 Å². The van der Waals surface area contributed by atoms with Gasteiger partial charge in [-0.15, -0.1) is 0 Å². The second-order valence-corrected chi connectivity index (χ2v) is 10.6. The van der Waals surface area contributed by atoms with Crippen LogP contribution in [0, 0.1) is 0 Å². The molecule has 1 aliphatic heterocycles. The fraction of sp³-hybridized carbons (Fsp3) is 0.500. The molecule has 2 unspecified atom stereocenters. The minimum Gasteiger partial charge on any atom is -0.369 e. The van der Waals surface area contributed by atoms with Gasteiger partial charge < -0.3 is 35.8 Å². The Kier molecular flexibility index (Phi) is 6.57. The van der Waals surface area contributed by atoms with Crippen LogP contribution < -0.4 is 17.0 Å². The Morgan fingerprint density at radius 3 is 2.55 bits per heavy atom. The van der Waals surface area contributed by atoms with Crippen LogP contribution in [0.4, 0.5) is 5.95 Å². The summed E-state index contributed by atoms with van der Waals surface area (Å²) in [5.74, 6) is -0.161. The number of phosphoric acid groups is 3. The van der Waals surface area contributed by atoms with Crippen molar-refractivity contribution < 1.29 is 51.2 Å².